The molecule has 0 aliphatic rings. The first-order chi connectivity index (χ1) is 11.6. The molecule has 0 aliphatic carbocycles. The minimum Gasteiger partial charge on any atom is -0.328 e. The molecule has 0 saturated heterocycles. The quantitative estimate of drug-likeness (QED) is 0.797. The van der Waals surface area contributed by atoms with Gasteiger partial charge in [0.1, 0.15) is 11.5 Å². The fourth-order valence-corrected chi connectivity index (χ4v) is 2.12. The molecule has 0 unspecified atom stereocenters. The molecule has 120 valence electrons. The molecule has 0 spiro atoms. The molecule has 3 aromatic rings. The minimum atomic E-state index is -0.400. The van der Waals surface area contributed by atoms with Crippen LogP contribution in [0.5, 0.6) is 0 Å². The van der Waals surface area contributed by atoms with Crippen molar-refractivity contribution < 1.29 is 9.18 Å². The van der Waals surface area contributed by atoms with Gasteiger partial charge in [-0.3, -0.25) is 4.79 Å². The molecule has 0 radical (unpaired) electrons. The minimum absolute atomic E-state index is 0.185. The Balaban J connectivity index is 1.72. The molecule has 1 N–H and O–H groups in total. The molecular formula is C18H15FN4O. The van der Waals surface area contributed by atoms with E-state index in [1.54, 1.807) is 0 Å². The van der Waals surface area contributed by atoms with Gasteiger partial charge in [0.05, 0.1) is 12.4 Å². The molecule has 5 nitrogen and oxygen atoms in total. The lowest BCUT2D eigenvalue weighted by Crippen LogP contribution is -2.16. The zero-order valence-electron chi connectivity index (χ0n) is 13.0. The van der Waals surface area contributed by atoms with Crippen molar-refractivity contribution in [2.45, 2.75) is 0 Å². The molecule has 2 aromatic carbocycles. The van der Waals surface area contributed by atoms with E-state index in [0.29, 0.717) is 11.5 Å². The summed E-state index contributed by atoms with van der Waals surface area (Å²) in [5.74, 6) is -0.136. The van der Waals surface area contributed by atoms with E-state index in [4.69, 9.17) is 0 Å². The number of halogens is 1. The van der Waals surface area contributed by atoms with Crippen LogP contribution < -0.4 is 10.2 Å². The predicted octanol–water partition coefficient (Wildman–Crippen LogP) is 3.64. The Kier molecular flexibility index (Phi) is 4.47. The number of carbonyl (C=O) groups excluding carboxylic acids is 1. The van der Waals surface area contributed by atoms with Crippen LogP contribution in [0.25, 0.3) is 0 Å². The van der Waals surface area contributed by atoms with Gasteiger partial charge in [-0.05, 0) is 36.4 Å². The molecular weight excluding hydrogens is 307 g/mol. The first-order valence-electron chi connectivity index (χ1n) is 7.31. The van der Waals surface area contributed by atoms with Gasteiger partial charge in [-0.25, -0.2) is 14.4 Å². The summed E-state index contributed by atoms with van der Waals surface area (Å²) >= 11 is 0. The van der Waals surface area contributed by atoms with E-state index in [1.807, 2.05) is 42.3 Å². The van der Waals surface area contributed by atoms with Crippen LogP contribution in [-0.2, 0) is 0 Å². The van der Waals surface area contributed by atoms with Crippen molar-refractivity contribution >= 4 is 23.1 Å². The predicted molar refractivity (Wildman–Crippen MR) is 90.9 cm³/mol. The highest BCUT2D eigenvalue weighted by atomic mass is 19.1. The normalized spacial score (nSPS) is 10.2. The second kappa shape index (κ2) is 6.87. The Morgan fingerprint density at radius 2 is 1.71 bits per heavy atom. The molecule has 3 rings (SSSR count). The summed E-state index contributed by atoms with van der Waals surface area (Å²) in [5.41, 5.74) is 1.65. The van der Waals surface area contributed by atoms with E-state index >= 15 is 0 Å². The van der Waals surface area contributed by atoms with Crippen LogP contribution in [0.2, 0.25) is 0 Å². The summed E-state index contributed by atoms with van der Waals surface area (Å²) in [4.78, 5) is 22.4. The van der Waals surface area contributed by atoms with Gasteiger partial charge in [0.15, 0.2) is 5.82 Å². The van der Waals surface area contributed by atoms with Gasteiger partial charge in [-0.1, -0.05) is 18.2 Å². The summed E-state index contributed by atoms with van der Waals surface area (Å²) in [6.45, 7) is 0. The van der Waals surface area contributed by atoms with E-state index in [1.165, 1.54) is 36.7 Å². The maximum absolute atomic E-state index is 12.9. The van der Waals surface area contributed by atoms with Crippen LogP contribution in [0, 0.1) is 5.82 Å². The molecule has 6 heteroatoms. The first-order valence-corrected chi connectivity index (χ1v) is 7.31. The number of rotatable bonds is 4. The van der Waals surface area contributed by atoms with Crippen molar-refractivity contribution in [2.75, 3.05) is 17.3 Å². The Hall–Kier alpha value is -3.28. The smallest absolute Gasteiger partial charge is 0.275 e. The summed E-state index contributed by atoms with van der Waals surface area (Å²) in [6, 6.07) is 15.2. The fraction of sp³-hybridized carbons (Fsp3) is 0.0556. The van der Waals surface area contributed by atoms with Crippen molar-refractivity contribution in [3.05, 3.63) is 78.5 Å². The van der Waals surface area contributed by atoms with Crippen LogP contribution in [0.3, 0.4) is 0 Å². The van der Waals surface area contributed by atoms with Crippen molar-refractivity contribution in [3.8, 4) is 0 Å². The van der Waals surface area contributed by atoms with E-state index in [9.17, 15) is 9.18 Å². The molecule has 24 heavy (non-hydrogen) atoms. The zero-order chi connectivity index (χ0) is 16.9. The molecule has 0 saturated carbocycles. The number of amides is 1. The average Bonchev–Trinajstić information content (AvgIpc) is 2.64. The Bertz CT molecular complexity index is 820. The van der Waals surface area contributed by atoms with Gasteiger partial charge in [0.2, 0.25) is 0 Å². The molecule has 1 amide bonds. The third-order valence-corrected chi connectivity index (χ3v) is 3.46. The molecule has 1 heterocycles. The standard InChI is InChI=1S/C18H15FN4O/c1-23(15-5-3-2-4-6-15)17-12-20-16(11-21-17)18(24)22-14-9-7-13(19)8-10-14/h2-12H,1H3,(H,22,24). The number of nitrogens with zero attached hydrogens (tertiary/aromatic N) is 3. The molecule has 0 atom stereocenters. The topological polar surface area (TPSA) is 58.1 Å². The van der Waals surface area contributed by atoms with Crippen LogP contribution >= 0.6 is 0 Å². The van der Waals surface area contributed by atoms with Crippen LogP contribution in [0.1, 0.15) is 10.5 Å². The van der Waals surface area contributed by atoms with Gasteiger partial charge >= 0.3 is 0 Å². The van der Waals surface area contributed by atoms with Crippen LogP contribution in [0.15, 0.2) is 67.0 Å². The fourth-order valence-electron chi connectivity index (χ4n) is 2.12. The van der Waals surface area contributed by atoms with Gasteiger partial charge in [-0.15, -0.1) is 0 Å². The lowest BCUT2D eigenvalue weighted by molar-refractivity contribution is 0.102. The largest absolute Gasteiger partial charge is 0.328 e. The Morgan fingerprint density at radius 1 is 1.00 bits per heavy atom. The highest BCUT2D eigenvalue weighted by Gasteiger charge is 2.11. The van der Waals surface area contributed by atoms with Crippen LogP contribution in [0.4, 0.5) is 21.6 Å². The third-order valence-electron chi connectivity index (χ3n) is 3.46. The van der Waals surface area contributed by atoms with Crippen LogP contribution in [-0.4, -0.2) is 22.9 Å². The van der Waals surface area contributed by atoms with E-state index in [0.717, 1.165) is 5.69 Å². The van der Waals surface area contributed by atoms with E-state index in [-0.39, 0.29) is 11.5 Å². The number of carbonyl (C=O) groups is 1. The van der Waals surface area contributed by atoms with E-state index in [2.05, 4.69) is 15.3 Å². The lowest BCUT2D eigenvalue weighted by atomic mass is 10.3. The monoisotopic (exact) mass is 322 g/mol. The average molecular weight is 322 g/mol. The zero-order valence-corrected chi connectivity index (χ0v) is 13.0. The van der Waals surface area contributed by atoms with Gasteiger partial charge in [0, 0.05) is 18.4 Å². The summed E-state index contributed by atoms with van der Waals surface area (Å²) in [5, 5.41) is 2.64. The number of hydrogen-bond donors (Lipinski definition) is 1. The summed E-state index contributed by atoms with van der Waals surface area (Å²) in [6.07, 6.45) is 2.94. The first kappa shape index (κ1) is 15.6. The number of para-hydroxylation sites is 1. The number of anilines is 3. The maximum Gasteiger partial charge on any atom is 0.275 e. The second-order valence-corrected chi connectivity index (χ2v) is 5.12. The Labute approximate surface area is 138 Å². The number of hydrogen-bond acceptors (Lipinski definition) is 4. The molecule has 0 aliphatic heterocycles. The van der Waals surface area contributed by atoms with Crippen molar-refractivity contribution in [1.29, 1.82) is 0 Å². The summed E-state index contributed by atoms with van der Waals surface area (Å²) in [7, 11) is 1.87. The van der Waals surface area contributed by atoms with Crippen molar-refractivity contribution in [1.82, 2.24) is 9.97 Å². The summed E-state index contributed by atoms with van der Waals surface area (Å²) < 4.78 is 12.9. The Morgan fingerprint density at radius 3 is 2.33 bits per heavy atom. The highest BCUT2D eigenvalue weighted by Crippen LogP contribution is 2.20. The third kappa shape index (κ3) is 3.55. The number of nitrogens with one attached hydrogen (secondary N) is 1. The number of aromatic nitrogens is 2. The maximum atomic E-state index is 12.9. The molecule has 0 fully saturated rings. The number of benzene rings is 2. The van der Waals surface area contributed by atoms with Gasteiger partial charge in [-0.2, -0.15) is 0 Å². The molecule has 0 bridgehead atoms. The highest BCUT2D eigenvalue weighted by molar-refractivity contribution is 6.02. The van der Waals surface area contributed by atoms with E-state index < -0.39 is 5.91 Å². The van der Waals surface area contributed by atoms with Crippen molar-refractivity contribution in [2.24, 2.45) is 0 Å². The lowest BCUT2D eigenvalue weighted by Gasteiger charge is -2.17. The van der Waals surface area contributed by atoms with Gasteiger partial charge in [0.25, 0.3) is 5.91 Å². The SMILES string of the molecule is CN(c1ccccc1)c1cnc(C(=O)Nc2ccc(F)cc2)cn1. The molecule has 1 aromatic heterocycles. The van der Waals surface area contributed by atoms with Crippen molar-refractivity contribution in [3.63, 3.8) is 0 Å². The second-order valence-electron chi connectivity index (χ2n) is 5.12. The van der Waals surface area contributed by atoms with Gasteiger partial charge < -0.3 is 10.2 Å².